The Bertz CT molecular complexity index is 732. The van der Waals surface area contributed by atoms with Gasteiger partial charge in [0.1, 0.15) is 5.15 Å². The standard InChI is InChI=1S/C18H30ClN5O3S/c1-4-20-18(22-14-16-5-6-17(19)21-13-16)23-7-9-24(10-8-23)28(25,26)12-11-27-15(2)3/h5-6,13,15H,4,7-12,14H2,1-3H3,(H,20,22). The van der Waals surface area contributed by atoms with E-state index in [1.165, 1.54) is 0 Å². The fourth-order valence-electron chi connectivity index (χ4n) is 2.79. The van der Waals surface area contributed by atoms with Crippen LogP contribution in [0.1, 0.15) is 26.3 Å². The molecule has 2 heterocycles. The summed E-state index contributed by atoms with van der Waals surface area (Å²) >= 11 is 5.81. The highest BCUT2D eigenvalue weighted by molar-refractivity contribution is 7.89. The van der Waals surface area contributed by atoms with E-state index < -0.39 is 10.0 Å². The summed E-state index contributed by atoms with van der Waals surface area (Å²) in [6.07, 6.45) is 1.74. The number of nitrogens with zero attached hydrogens (tertiary/aromatic N) is 4. The van der Waals surface area contributed by atoms with Crippen LogP contribution >= 0.6 is 11.6 Å². The predicted molar refractivity (Wildman–Crippen MR) is 112 cm³/mol. The van der Waals surface area contributed by atoms with Gasteiger partial charge in [0.05, 0.1) is 25.0 Å². The van der Waals surface area contributed by atoms with Crippen LogP contribution in [0.15, 0.2) is 23.3 Å². The molecular formula is C18H30ClN5O3S. The maximum Gasteiger partial charge on any atom is 0.216 e. The number of halogens is 1. The zero-order chi connectivity index (χ0) is 20.6. The lowest BCUT2D eigenvalue weighted by atomic mass is 10.3. The molecule has 0 amide bonds. The van der Waals surface area contributed by atoms with Crippen molar-refractivity contribution in [3.05, 3.63) is 29.0 Å². The predicted octanol–water partition coefficient (Wildman–Crippen LogP) is 1.57. The number of aromatic nitrogens is 1. The number of aliphatic imine (C=N–C) groups is 1. The zero-order valence-electron chi connectivity index (χ0n) is 16.8. The number of rotatable bonds is 8. The number of sulfonamides is 1. The monoisotopic (exact) mass is 431 g/mol. The van der Waals surface area contributed by atoms with Crippen molar-refractivity contribution in [3.63, 3.8) is 0 Å². The molecule has 1 aliphatic rings. The first-order valence-corrected chi connectivity index (χ1v) is 11.5. The van der Waals surface area contributed by atoms with E-state index in [0.29, 0.717) is 37.9 Å². The van der Waals surface area contributed by atoms with Crippen molar-refractivity contribution >= 4 is 27.6 Å². The lowest BCUT2D eigenvalue weighted by Crippen LogP contribution is -2.54. The van der Waals surface area contributed by atoms with Crippen molar-refractivity contribution in [2.24, 2.45) is 4.99 Å². The molecule has 0 spiro atoms. The molecule has 8 nitrogen and oxygen atoms in total. The van der Waals surface area contributed by atoms with Gasteiger partial charge in [0.2, 0.25) is 10.0 Å². The summed E-state index contributed by atoms with van der Waals surface area (Å²) in [4.78, 5) is 10.8. The summed E-state index contributed by atoms with van der Waals surface area (Å²) < 4.78 is 31.9. The van der Waals surface area contributed by atoms with Gasteiger partial charge in [-0.3, -0.25) is 0 Å². The molecule has 28 heavy (non-hydrogen) atoms. The first-order valence-electron chi connectivity index (χ1n) is 9.55. The van der Waals surface area contributed by atoms with E-state index in [1.807, 2.05) is 26.8 Å². The third-order valence-corrected chi connectivity index (χ3v) is 6.32. The second-order valence-corrected chi connectivity index (χ2v) is 9.26. The molecule has 1 aromatic heterocycles. The quantitative estimate of drug-likeness (QED) is 0.382. The van der Waals surface area contributed by atoms with Crippen molar-refractivity contribution in [1.29, 1.82) is 0 Å². The largest absolute Gasteiger partial charge is 0.378 e. The Morgan fingerprint density at radius 2 is 2.04 bits per heavy atom. The Morgan fingerprint density at radius 1 is 1.32 bits per heavy atom. The van der Waals surface area contributed by atoms with Crippen LogP contribution in [-0.4, -0.2) is 79.8 Å². The maximum absolute atomic E-state index is 12.5. The van der Waals surface area contributed by atoms with E-state index >= 15 is 0 Å². The Balaban J connectivity index is 1.92. The van der Waals surface area contributed by atoms with Crippen LogP contribution in [-0.2, 0) is 21.3 Å². The van der Waals surface area contributed by atoms with E-state index in [9.17, 15) is 8.42 Å². The summed E-state index contributed by atoms with van der Waals surface area (Å²) in [5.74, 6) is 0.792. The first kappa shape index (κ1) is 22.9. The molecule has 1 fully saturated rings. The average Bonchev–Trinajstić information content (AvgIpc) is 2.66. The number of pyridine rings is 1. The first-order chi connectivity index (χ1) is 13.3. The number of nitrogens with one attached hydrogen (secondary N) is 1. The minimum Gasteiger partial charge on any atom is -0.378 e. The molecule has 1 aromatic rings. The molecule has 0 aromatic carbocycles. The van der Waals surface area contributed by atoms with E-state index in [-0.39, 0.29) is 18.5 Å². The lowest BCUT2D eigenvalue weighted by Gasteiger charge is -2.35. The van der Waals surface area contributed by atoms with Crippen molar-refractivity contribution in [2.45, 2.75) is 33.4 Å². The van der Waals surface area contributed by atoms with Gasteiger partial charge in [0, 0.05) is 38.9 Å². The zero-order valence-corrected chi connectivity index (χ0v) is 18.3. The van der Waals surface area contributed by atoms with Crippen molar-refractivity contribution < 1.29 is 13.2 Å². The molecule has 0 aliphatic carbocycles. The molecule has 1 N–H and O–H groups in total. The highest BCUT2D eigenvalue weighted by Gasteiger charge is 2.28. The van der Waals surface area contributed by atoms with Crippen LogP contribution in [0.25, 0.3) is 0 Å². The van der Waals surface area contributed by atoms with Crippen LogP contribution in [0.4, 0.5) is 0 Å². The van der Waals surface area contributed by atoms with Crippen molar-refractivity contribution in [3.8, 4) is 0 Å². The second-order valence-electron chi connectivity index (χ2n) is 6.78. The van der Waals surface area contributed by atoms with Crippen LogP contribution in [0.5, 0.6) is 0 Å². The fraction of sp³-hybridized carbons (Fsp3) is 0.667. The van der Waals surface area contributed by atoms with Gasteiger partial charge in [-0.2, -0.15) is 4.31 Å². The highest BCUT2D eigenvalue weighted by atomic mass is 35.5. The third-order valence-electron chi connectivity index (χ3n) is 4.26. The van der Waals surface area contributed by atoms with E-state index in [4.69, 9.17) is 16.3 Å². The van der Waals surface area contributed by atoms with Crippen LogP contribution in [0.3, 0.4) is 0 Å². The van der Waals surface area contributed by atoms with Gasteiger partial charge in [-0.05, 0) is 32.4 Å². The Hall–Kier alpha value is -1.42. The van der Waals surface area contributed by atoms with Crippen LogP contribution in [0.2, 0.25) is 5.15 Å². The Morgan fingerprint density at radius 3 is 2.61 bits per heavy atom. The minimum atomic E-state index is -3.30. The molecule has 0 atom stereocenters. The summed E-state index contributed by atoms with van der Waals surface area (Å²) in [5, 5.41) is 3.73. The minimum absolute atomic E-state index is 0.0168. The van der Waals surface area contributed by atoms with Gasteiger partial charge < -0.3 is 15.0 Å². The van der Waals surface area contributed by atoms with Crippen LogP contribution in [0, 0.1) is 0 Å². The molecule has 10 heteroatoms. The highest BCUT2D eigenvalue weighted by Crippen LogP contribution is 2.10. The third kappa shape index (κ3) is 7.20. The second kappa shape index (κ2) is 10.9. The topological polar surface area (TPSA) is 87.1 Å². The smallest absolute Gasteiger partial charge is 0.216 e. The number of hydrogen-bond acceptors (Lipinski definition) is 5. The molecule has 1 aliphatic heterocycles. The molecule has 1 saturated heterocycles. The number of piperazine rings is 1. The molecular weight excluding hydrogens is 402 g/mol. The molecule has 0 bridgehead atoms. The SMILES string of the molecule is CCNC(=NCc1ccc(Cl)nc1)N1CCN(S(=O)(=O)CCOC(C)C)CC1. The summed E-state index contributed by atoms with van der Waals surface area (Å²) in [7, 11) is -3.30. The van der Waals surface area contributed by atoms with Gasteiger partial charge in [-0.15, -0.1) is 0 Å². The van der Waals surface area contributed by atoms with Gasteiger partial charge in [-0.1, -0.05) is 17.7 Å². The Kier molecular flexibility index (Phi) is 8.94. The van der Waals surface area contributed by atoms with Gasteiger partial charge >= 0.3 is 0 Å². The van der Waals surface area contributed by atoms with Crippen molar-refractivity contribution in [2.75, 3.05) is 45.1 Å². The number of hydrogen-bond donors (Lipinski definition) is 1. The van der Waals surface area contributed by atoms with Crippen molar-refractivity contribution in [1.82, 2.24) is 19.5 Å². The molecule has 0 unspecified atom stereocenters. The van der Waals surface area contributed by atoms with Gasteiger partial charge in [-0.25, -0.2) is 18.4 Å². The normalized spacial score (nSPS) is 16.6. The molecule has 158 valence electrons. The van der Waals surface area contributed by atoms with Gasteiger partial charge in [0.25, 0.3) is 0 Å². The van der Waals surface area contributed by atoms with E-state index in [1.54, 1.807) is 16.6 Å². The molecule has 0 saturated carbocycles. The number of ether oxygens (including phenoxy) is 1. The van der Waals surface area contributed by atoms with E-state index in [0.717, 1.165) is 18.1 Å². The fourth-order valence-corrected chi connectivity index (χ4v) is 4.18. The molecule has 2 rings (SSSR count). The van der Waals surface area contributed by atoms with Crippen LogP contribution < -0.4 is 5.32 Å². The summed E-state index contributed by atoms with van der Waals surface area (Å²) in [6.45, 7) is 9.31. The summed E-state index contributed by atoms with van der Waals surface area (Å²) in [6, 6.07) is 3.64. The number of guanidine groups is 1. The van der Waals surface area contributed by atoms with Gasteiger partial charge in [0.15, 0.2) is 5.96 Å². The summed E-state index contributed by atoms with van der Waals surface area (Å²) in [5.41, 5.74) is 0.964. The maximum atomic E-state index is 12.5. The Labute approximate surface area is 173 Å². The lowest BCUT2D eigenvalue weighted by molar-refractivity contribution is 0.0904. The van der Waals surface area contributed by atoms with E-state index in [2.05, 4.69) is 20.2 Å². The molecule has 0 radical (unpaired) electrons. The average molecular weight is 432 g/mol.